The lowest BCUT2D eigenvalue weighted by Gasteiger charge is -2.15. The predicted molar refractivity (Wildman–Crippen MR) is 71.6 cm³/mol. The molecule has 0 radical (unpaired) electrons. The first-order valence-electron chi connectivity index (χ1n) is 5.57. The average molecular weight is 308 g/mol. The number of rotatable bonds is 4. The van der Waals surface area contributed by atoms with Crippen LogP contribution in [0, 0.1) is 11.8 Å². The third-order valence-corrected chi connectivity index (χ3v) is 6.23. The molecule has 18 heavy (non-hydrogen) atoms. The standard InChI is InChI=1S/C11H14ClNO3S2/c1-7-3-8(7)5-13(2)11(14)9-4-10(17-6-9)18(12,15)16/h4,6-8H,3,5H2,1-2H3. The Balaban J connectivity index is 2.06. The largest absolute Gasteiger partial charge is 0.341 e. The van der Waals surface area contributed by atoms with Gasteiger partial charge in [-0.25, -0.2) is 8.42 Å². The van der Waals surface area contributed by atoms with Gasteiger partial charge < -0.3 is 4.90 Å². The topological polar surface area (TPSA) is 54.5 Å². The lowest BCUT2D eigenvalue weighted by atomic mass is 10.2. The molecule has 2 rings (SSSR count). The van der Waals surface area contributed by atoms with Gasteiger partial charge in [-0.15, -0.1) is 11.3 Å². The molecule has 2 atom stereocenters. The van der Waals surface area contributed by atoms with Crippen LogP contribution >= 0.6 is 22.0 Å². The van der Waals surface area contributed by atoms with Crippen molar-refractivity contribution in [2.45, 2.75) is 17.6 Å². The van der Waals surface area contributed by atoms with E-state index in [-0.39, 0.29) is 10.1 Å². The zero-order valence-corrected chi connectivity index (χ0v) is 12.5. The van der Waals surface area contributed by atoms with Crippen molar-refractivity contribution >= 4 is 37.0 Å². The van der Waals surface area contributed by atoms with Crippen molar-refractivity contribution in [2.75, 3.05) is 13.6 Å². The predicted octanol–water partition coefficient (Wildman–Crippen LogP) is 2.40. The SMILES string of the molecule is CC1CC1CN(C)C(=O)c1csc(S(=O)(=O)Cl)c1. The van der Waals surface area contributed by atoms with E-state index in [4.69, 9.17) is 10.7 Å². The lowest BCUT2D eigenvalue weighted by Crippen LogP contribution is -2.28. The van der Waals surface area contributed by atoms with E-state index in [0.29, 0.717) is 17.4 Å². The maximum Gasteiger partial charge on any atom is 0.270 e. The number of amides is 1. The highest BCUT2D eigenvalue weighted by molar-refractivity contribution is 8.15. The van der Waals surface area contributed by atoms with E-state index in [2.05, 4.69) is 6.92 Å². The van der Waals surface area contributed by atoms with E-state index in [9.17, 15) is 13.2 Å². The summed E-state index contributed by atoms with van der Waals surface area (Å²) in [6.07, 6.45) is 1.16. The van der Waals surface area contributed by atoms with Crippen LogP contribution in [0.3, 0.4) is 0 Å². The Labute approximate surface area is 115 Å². The molecule has 0 aliphatic heterocycles. The van der Waals surface area contributed by atoms with Gasteiger partial charge in [0.1, 0.15) is 4.21 Å². The van der Waals surface area contributed by atoms with Crippen molar-refractivity contribution in [3.05, 3.63) is 17.0 Å². The van der Waals surface area contributed by atoms with E-state index in [0.717, 1.165) is 24.3 Å². The van der Waals surface area contributed by atoms with E-state index >= 15 is 0 Å². The Morgan fingerprint density at radius 3 is 2.67 bits per heavy atom. The van der Waals surface area contributed by atoms with Crippen LogP contribution in [0.4, 0.5) is 0 Å². The maximum absolute atomic E-state index is 12.0. The van der Waals surface area contributed by atoms with Crippen molar-refractivity contribution in [1.82, 2.24) is 4.90 Å². The number of carbonyl (C=O) groups excluding carboxylic acids is 1. The van der Waals surface area contributed by atoms with Gasteiger partial charge in [0.05, 0.1) is 5.56 Å². The second-order valence-electron chi connectivity index (χ2n) is 4.75. The summed E-state index contributed by atoms with van der Waals surface area (Å²) >= 11 is 0.970. The normalized spacial score (nSPS) is 22.8. The Kier molecular flexibility index (Phi) is 3.71. The van der Waals surface area contributed by atoms with E-state index in [1.807, 2.05) is 0 Å². The molecular weight excluding hydrogens is 294 g/mol. The molecule has 0 bridgehead atoms. The van der Waals surface area contributed by atoms with Gasteiger partial charge >= 0.3 is 0 Å². The molecule has 2 unspecified atom stereocenters. The van der Waals surface area contributed by atoms with Gasteiger partial charge in [0.25, 0.3) is 15.0 Å². The second kappa shape index (κ2) is 4.83. The van der Waals surface area contributed by atoms with Crippen molar-refractivity contribution in [2.24, 2.45) is 11.8 Å². The van der Waals surface area contributed by atoms with Crippen molar-refractivity contribution < 1.29 is 13.2 Å². The molecule has 4 nitrogen and oxygen atoms in total. The van der Waals surface area contributed by atoms with Crippen LogP contribution in [0.1, 0.15) is 23.7 Å². The van der Waals surface area contributed by atoms with Gasteiger partial charge in [0.2, 0.25) is 0 Å². The van der Waals surface area contributed by atoms with Gasteiger partial charge in [-0.05, 0) is 24.3 Å². The molecular formula is C11H14ClNO3S2. The smallest absolute Gasteiger partial charge is 0.270 e. The fourth-order valence-corrected chi connectivity index (χ4v) is 3.80. The highest BCUT2D eigenvalue weighted by Gasteiger charge is 2.34. The first-order chi connectivity index (χ1) is 8.29. The molecule has 7 heteroatoms. The summed E-state index contributed by atoms with van der Waals surface area (Å²) in [5.41, 5.74) is 0.384. The summed E-state index contributed by atoms with van der Waals surface area (Å²) in [7, 11) is 3.22. The Hall–Kier alpha value is -0.590. The molecule has 1 aliphatic carbocycles. The number of thiophene rings is 1. The zero-order valence-electron chi connectivity index (χ0n) is 10.1. The van der Waals surface area contributed by atoms with Crippen molar-refractivity contribution in [3.63, 3.8) is 0 Å². The van der Waals surface area contributed by atoms with Crippen LogP contribution < -0.4 is 0 Å². The van der Waals surface area contributed by atoms with Crippen LogP contribution in [0.25, 0.3) is 0 Å². The van der Waals surface area contributed by atoms with Crippen LogP contribution in [-0.4, -0.2) is 32.8 Å². The Bertz CT molecular complexity index is 567. The number of hydrogen-bond donors (Lipinski definition) is 0. The molecule has 1 aromatic rings. The minimum Gasteiger partial charge on any atom is -0.341 e. The fourth-order valence-electron chi connectivity index (χ4n) is 1.87. The Morgan fingerprint density at radius 1 is 1.61 bits per heavy atom. The van der Waals surface area contributed by atoms with Gasteiger partial charge in [-0.1, -0.05) is 6.92 Å². The number of nitrogens with zero attached hydrogens (tertiary/aromatic N) is 1. The maximum atomic E-state index is 12.0. The fraction of sp³-hybridized carbons (Fsp3) is 0.545. The quantitative estimate of drug-likeness (QED) is 0.803. The molecule has 0 saturated heterocycles. The molecule has 0 aromatic carbocycles. The van der Waals surface area contributed by atoms with Gasteiger partial charge in [0, 0.05) is 29.7 Å². The minimum atomic E-state index is -3.74. The molecule has 0 spiro atoms. The van der Waals surface area contributed by atoms with Crippen molar-refractivity contribution in [3.8, 4) is 0 Å². The zero-order chi connectivity index (χ0) is 13.5. The second-order valence-corrected chi connectivity index (χ2v) is 8.46. The molecule has 1 aromatic heterocycles. The third-order valence-electron chi connectivity index (χ3n) is 3.19. The van der Waals surface area contributed by atoms with Crippen LogP contribution in [0.15, 0.2) is 15.7 Å². The molecule has 1 saturated carbocycles. The van der Waals surface area contributed by atoms with E-state index < -0.39 is 9.05 Å². The van der Waals surface area contributed by atoms with Gasteiger partial charge in [-0.2, -0.15) is 0 Å². The van der Waals surface area contributed by atoms with Crippen LogP contribution in [0.5, 0.6) is 0 Å². The molecule has 0 N–H and O–H groups in total. The summed E-state index contributed by atoms with van der Waals surface area (Å²) < 4.78 is 22.3. The lowest BCUT2D eigenvalue weighted by molar-refractivity contribution is 0.0787. The summed E-state index contributed by atoms with van der Waals surface area (Å²) in [5, 5.41) is 1.53. The van der Waals surface area contributed by atoms with E-state index in [1.54, 1.807) is 11.9 Å². The molecule has 1 fully saturated rings. The molecule has 1 amide bonds. The van der Waals surface area contributed by atoms with Crippen molar-refractivity contribution in [1.29, 1.82) is 0 Å². The monoisotopic (exact) mass is 307 g/mol. The first-order valence-corrected chi connectivity index (χ1v) is 8.76. The molecule has 1 aliphatic rings. The third kappa shape index (κ3) is 3.05. The highest BCUT2D eigenvalue weighted by Crippen LogP contribution is 2.38. The van der Waals surface area contributed by atoms with E-state index in [1.165, 1.54) is 11.4 Å². The number of halogens is 1. The van der Waals surface area contributed by atoms with Crippen LogP contribution in [-0.2, 0) is 9.05 Å². The summed E-state index contributed by atoms with van der Waals surface area (Å²) in [5.74, 6) is 1.10. The minimum absolute atomic E-state index is 0.0145. The number of carbonyl (C=O) groups is 1. The number of hydrogen-bond acceptors (Lipinski definition) is 4. The molecule has 100 valence electrons. The Morgan fingerprint density at radius 2 is 2.22 bits per heavy atom. The average Bonchev–Trinajstić information content (AvgIpc) is 2.81. The molecule has 1 heterocycles. The summed E-state index contributed by atoms with van der Waals surface area (Å²) in [4.78, 5) is 13.7. The first kappa shape index (κ1) is 13.8. The highest BCUT2D eigenvalue weighted by atomic mass is 35.7. The van der Waals surface area contributed by atoms with Crippen LogP contribution in [0.2, 0.25) is 0 Å². The summed E-state index contributed by atoms with van der Waals surface area (Å²) in [6.45, 7) is 2.88. The summed E-state index contributed by atoms with van der Waals surface area (Å²) in [6, 6.07) is 1.34. The van der Waals surface area contributed by atoms with Gasteiger partial charge in [-0.3, -0.25) is 4.79 Å². The van der Waals surface area contributed by atoms with Gasteiger partial charge in [0.15, 0.2) is 0 Å².